The van der Waals surface area contributed by atoms with E-state index in [0.717, 1.165) is 50.2 Å². The molecule has 0 saturated carbocycles. The lowest BCUT2D eigenvalue weighted by atomic mass is 9.94. The summed E-state index contributed by atoms with van der Waals surface area (Å²) in [7, 11) is 0. The molecule has 0 aliphatic heterocycles. The fourth-order valence-corrected chi connectivity index (χ4v) is 4.57. The maximum absolute atomic E-state index is 13.6. The van der Waals surface area contributed by atoms with Gasteiger partial charge in [0.2, 0.25) is 0 Å². The van der Waals surface area contributed by atoms with Gasteiger partial charge in [-0.05, 0) is 92.1 Å². The lowest BCUT2D eigenvalue weighted by molar-refractivity contribution is 0.102. The number of hydrogen-bond donors (Lipinski definition) is 1. The molecule has 5 rings (SSSR count). The standard InChI is InChI=1S/C32H27FN2O2/c1-20-17-21(2)30-28(18-20)29(32(36)34-26-13-11-25(33)12-14-26)22(3)31(35-30)24-9-15-27(16-10-24)37-19-23-7-5-4-6-8-23/h4-18H,19H2,1-3H3,(H,34,36). The Morgan fingerprint density at radius 3 is 2.30 bits per heavy atom. The minimum Gasteiger partial charge on any atom is -0.489 e. The number of amides is 1. The lowest BCUT2D eigenvalue weighted by Crippen LogP contribution is -2.15. The van der Waals surface area contributed by atoms with E-state index < -0.39 is 0 Å². The Bertz CT molecular complexity index is 1580. The average molecular weight is 491 g/mol. The maximum Gasteiger partial charge on any atom is 0.256 e. The molecule has 0 fully saturated rings. The first-order valence-electron chi connectivity index (χ1n) is 12.1. The van der Waals surface area contributed by atoms with Crippen LogP contribution in [0.1, 0.15) is 32.6 Å². The van der Waals surface area contributed by atoms with Gasteiger partial charge in [0.15, 0.2) is 0 Å². The van der Waals surface area contributed by atoms with Crippen LogP contribution in [0.15, 0.2) is 91.0 Å². The Hall–Kier alpha value is -4.51. The summed E-state index contributed by atoms with van der Waals surface area (Å²) < 4.78 is 19.3. The molecule has 4 nitrogen and oxygen atoms in total. The van der Waals surface area contributed by atoms with Gasteiger partial charge in [0.05, 0.1) is 16.8 Å². The zero-order valence-electron chi connectivity index (χ0n) is 21.0. The fourth-order valence-electron chi connectivity index (χ4n) is 4.57. The van der Waals surface area contributed by atoms with Gasteiger partial charge in [-0.25, -0.2) is 9.37 Å². The van der Waals surface area contributed by atoms with E-state index in [4.69, 9.17) is 9.72 Å². The molecule has 0 radical (unpaired) electrons. The molecular formula is C32H27FN2O2. The summed E-state index contributed by atoms with van der Waals surface area (Å²) in [5.41, 5.74) is 7.41. The van der Waals surface area contributed by atoms with Gasteiger partial charge in [-0.1, -0.05) is 42.0 Å². The number of halogens is 1. The lowest BCUT2D eigenvalue weighted by Gasteiger charge is -2.17. The molecule has 0 atom stereocenters. The molecule has 5 aromatic rings. The Balaban J connectivity index is 1.53. The highest BCUT2D eigenvalue weighted by Gasteiger charge is 2.20. The molecule has 1 amide bonds. The molecule has 0 spiro atoms. The van der Waals surface area contributed by atoms with E-state index in [1.807, 2.05) is 81.4 Å². The molecule has 1 aromatic heterocycles. The van der Waals surface area contributed by atoms with Crippen LogP contribution < -0.4 is 10.1 Å². The highest BCUT2D eigenvalue weighted by molar-refractivity contribution is 6.15. The Morgan fingerprint density at radius 2 is 1.59 bits per heavy atom. The quantitative estimate of drug-likeness (QED) is 0.264. The number of hydrogen-bond acceptors (Lipinski definition) is 3. The third-order valence-corrected chi connectivity index (χ3v) is 6.37. The van der Waals surface area contributed by atoms with Crippen LogP contribution in [0.2, 0.25) is 0 Å². The van der Waals surface area contributed by atoms with Crippen LogP contribution in [0.4, 0.5) is 10.1 Å². The Morgan fingerprint density at radius 1 is 0.892 bits per heavy atom. The molecule has 4 aromatic carbocycles. The second-order valence-electron chi connectivity index (χ2n) is 9.20. The second-order valence-corrected chi connectivity index (χ2v) is 9.20. The number of carbonyl (C=O) groups excluding carboxylic acids is 1. The number of carbonyl (C=O) groups is 1. The van der Waals surface area contributed by atoms with Gasteiger partial charge >= 0.3 is 0 Å². The third-order valence-electron chi connectivity index (χ3n) is 6.37. The van der Waals surface area contributed by atoms with Crippen LogP contribution in [0.25, 0.3) is 22.2 Å². The molecule has 0 aliphatic rings. The normalized spacial score (nSPS) is 10.9. The molecule has 0 saturated heterocycles. The number of aryl methyl sites for hydroxylation is 2. The van der Waals surface area contributed by atoms with Crippen LogP contribution in [-0.2, 0) is 6.61 Å². The van der Waals surface area contributed by atoms with Gasteiger partial charge in [-0.3, -0.25) is 4.79 Å². The number of rotatable bonds is 6. The highest BCUT2D eigenvalue weighted by atomic mass is 19.1. The first-order valence-corrected chi connectivity index (χ1v) is 12.1. The van der Waals surface area contributed by atoms with E-state index in [-0.39, 0.29) is 11.7 Å². The van der Waals surface area contributed by atoms with Crippen molar-refractivity contribution in [2.45, 2.75) is 27.4 Å². The molecule has 5 heteroatoms. The number of anilines is 1. The zero-order valence-corrected chi connectivity index (χ0v) is 21.0. The minimum atomic E-state index is -0.353. The van der Waals surface area contributed by atoms with Crippen LogP contribution in [-0.4, -0.2) is 10.9 Å². The predicted molar refractivity (Wildman–Crippen MR) is 147 cm³/mol. The molecule has 0 bridgehead atoms. The van der Waals surface area contributed by atoms with E-state index in [1.165, 1.54) is 12.1 Å². The second kappa shape index (κ2) is 10.2. The van der Waals surface area contributed by atoms with Crippen molar-refractivity contribution >= 4 is 22.5 Å². The van der Waals surface area contributed by atoms with Crippen molar-refractivity contribution in [1.29, 1.82) is 0 Å². The van der Waals surface area contributed by atoms with E-state index in [9.17, 15) is 9.18 Å². The monoisotopic (exact) mass is 490 g/mol. The number of aromatic nitrogens is 1. The Kier molecular flexibility index (Phi) is 6.69. The topological polar surface area (TPSA) is 51.2 Å². The summed E-state index contributed by atoms with van der Waals surface area (Å²) >= 11 is 0. The van der Waals surface area contributed by atoms with E-state index >= 15 is 0 Å². The number of benzene rings is 4. The number of nitrogens with one attached hydrogen (secondary N) is 1. The van der Waals surface area contributed by atoms with Gasteiger partial charge < -0.3 is 10.1 Å². The molecule has 1 heterocycles. The number of ether oxygens (including phenoxy) is 1. The maximum atomic E-state index is 13.6. The van der Waals surface area contributed by atoms with Crippen LogP contribution >= 0.6 is 0 Å². The number of nitrogens with zero attached hydrogens (tertiary/aromatic N) is 1. The van der Waals surface area contributed by atoms with Gasteiger partial charge in [-0.15, -0.1) is 0 Å². The van der Waals surface area contributed by atoms with Gasteiger partial charge in [0.1, 0.15) is 18.2 Å². The summed E-state index contributed by atoms with van der Waals surface area (Å²) in [4.78, 5) is 18.6. The van der Waals surface area contributed by atoms with E-state index in [0.29, 0.717) is 17.9 Å². The van der Waals surface area contributed by atoms with Crippen molar-refractivity contribution in [2.24, 2.45) is 0 Å². The number of pyridine rings is 1. The van der Waals surface area contributed by atoms with Gasteiger partial charge in [-0.2, -0.15) is 0 Å². The average Bonchev–Trinajstić information content (AvgIpc) is 2.89. The highest BCUT2D eigenvalue weighted by Crippen LogP contribution is 2.33. The first-order chi connectivity index (χ1) is 17.9. The minimum absolute atomic E-state index is 0.259. The SMILES string of the molecule is Cc1cc(C)c2nc(-c3ccc(OCc4ccccc4)cc3)c(C)c(C(=O)Nc3ccc(F)cc3)c2c1. The third kappa shape index (κ3) is 5.21. The molecule has 184 valence electrons. The summed E-state index contributed by atoms with van der Waals surface area (Å²) in [5, 5.41) is 3.72. The summed E-state index contributed by atoms with van der Waals surface area (Å²) in [5.74, 6) is 0.144. The zero-order chi connectivity index (χ0) is 25.9. The summed E-state index contributed by atoms with van der Waals surface area (Å²) in [6.07, 6.45) is 0. The fraction of sp³-hybridized carbons (Fsp3) is 0.125. The smallest absolute Gasteiger partial charge is 0.256 e. The molecule has 1 N–H and O–H groups in total. The van der Waals surface area contributed by atoms with Crippen molar-refractivity contribution in [2.75, 3.05) is 5.32 Å². The van der Waals surface area contributed by atoms with E-state index in [2.05, 4.69) is 11.4 Å². The molecule has 0 unspecified atom stereocenters. The first kappa shape index (κ1) is 24.2. The summed E-state index contributed by atoms with van der Waals surface area (Å²) in [6, 6.07) is 27.6. The predicted octanol–water partition coefficient (Wildman–Crippen LogP) is 7.80. The van der Waals surface area contributed by atoms with Crippen molar-refractivity contribution in [3.8, 4) is 17.0 Å². The number of fused-ring (bicyclic) bond motifs is 1. The van der Waals surface area contributed by atoms with E-state index in [1.54, 1.807) is 12.1 Å². The largest absolute Gasteiger partial charge is 0.489 e. The van der Waals surface area contributed by atoms with Crippen molar-refractivity contribution < 1.29 is 13.9 Å². The van der Waals surface area contributed by atoms with Crippen LogP contribution in [0.5, 0.6) is 5.75 Å². The molecular weight excluding hydrogens is 463 g/mol. The van der Waals surface area contributed by atoms with Crippen molar-refractivity contribution in [3.63, 3.8) is 0 Å². The van der Waals surface area contributed by atoms with Crippen LogP contribution in [0.3, 0.4) is 0 Å². The van der Waals surface area contributed by atoms with Crippen molar-refractivity contribution in [1.82, 2.24) is 4.98 Å². The van der Waals surface area contributed by atoms with Crippen LogP contribution in [0, 0.1) is 26.6 Å². The summed E-state index contributed by atoms with van der Waals surface area (Å²) in [6.45, 7) is 6.41. The Labute approximate surface area is 215 Å². The molecule has 0 aliphatic carbocycles. The van der Waals surface area contributed by atoms with Crippen molar-refractivity contribution in [3.05, 3.63) is 125 Å². The van der Waals surface area contributed by atoms with Gasteiger partial charge in [0, 0.05) is 16.6 Å². The molecule has 37 heavy (non-hydrogen) atoms. The van der Waals surface area contributed by atoms with Gasteiger partial charge in [0.25, 0.3) is 5.91 Å².